The van der Waals surface area contributed by atoms with E-state index in [-0.39, 0.29) is 36.1 Å². The lowest BCUT2D eigenvalue weighted by molar-refractivity contribution is 0.0491. The Hall–Kier alpha value is -0.730. The average Bonchev–Trinajstić information content (AvgIpc) is 2.33. The normalized spacial score (nSPS) is 16.2. The van der Waals surface area contributed by atoms with Crippen molar-refractivity contribution in [3.8, 4) is 0 Å². The van der Waals surface area contributed by atoms with Gasteiger partial charge in [-0.15, -0.1) is 24.0 Å². The first-order chi connectivity index (χ1) is 9.28. The van der Waals surface area contributed by atoms with Crippen molar-refractivity contribution in [1.82, 2.24) is 16.0 Å². The van der Waals surface area contributed by atoms with E-state index >= 15 is 0 Å². The molecule has 1 atom stereocenters. The molecule has 6 nitrogen and oxygen atoms in total. The van der Waals surface area contributed by atoms with Gasteiger partial charge in [0.05, 0.1) is 6.04 Å². The molecule has 0 aromatic rings. The van der Waals surface area contributed by atoms with E-state index in [0.717, 1.165) is 25.5 Å². The number of amides is 1. The number of guanidine groups is 1. The molecule has 21 heavy (non-hydrogen) atoms. The summed E-state index contributed by atoms with van der Waals surface area (Å²) in [4.78, 5) is 16.2. The van der Waals surface area contributed by atoms with Gasteiger partial charge in [-0.2, -0.15) is 0 Å². The summed E-state index contributed by atoms with van der Waals surface area (Å²) < 4.78 is 5.29. The molecule has 1 aliphatic rings. The van der Waals surface area contributed by atoms with Gasteiger partial charge in [0.1, 0.15) is 5.60 Å². The van der Waals surface area contributed by atoms with Crippen molar-refractivity contribution in [3.63, 3.8) is 0 Å². The van der Waals surface area contributed by atoms with Gasteiger partial charge in [-0.1, -0.05) is 13.8 Å². The van der Waals surface area contributed by atoms with E-state index in [1.54, 1.807) is 0 Å². The monoisotopic (exact) mass is 412 g/mol. The number of rotatable bonds is 4. The van der Waals surface area contributed by atoms with Crippen LogP contribution in [0, 0.1) is 5.92 Å². The predicted octanol–water partition coefficient (Wildman–Crippen LogP) is 2.09. The van der Waals surface area contributed by atoms with Gasteiger partial charge in [0.2, 0.25) is 0 Å². The molecule has 0 saturated carbocycles. The maximum Gasteiger partial charge on any atom is 0.407 e. The van der Waals surface area contributed by atoms with Gasteiger partial charge in [0, 0.05) is 19.6 Å². The molecule has 0 aliphatic carbocycles. The minimum absolute atomic E-state index is 0. The standard InChI is InChI=1S/C14H28N4O2.HI/c1-10(2)11(18-13(19)20-14(3,4)5)9-17-12-15-7-6-8-16-12;/h10-11H,6-9H2,1-5H3,(H,18,19)(H2,15,16,17);1H. The zero-order valence-corrected chi connectivity index (χ0v) is 16.0. The molecule has 1 rings (SSSR count). The van der Waals surface area contributed by atoms with E-state index in [0.29, 0.717) is 12.5 Å². The molecule has 1 amide bonds. The second kappa shape index (κ2) is 9.32. The van der Waals surface area contributed by atoms with Gasteiger partial charge < -0.3 is 20.7 Å². The summed E-state index contributed by atoms with van der Waals surface area (Å²) in [6.45, 7) is 12.1. The summed E-state index contributed by atoms with van der Waals surface area (Å²) in [6, 6.07) is -0.00345. The highest BCUT2D eigenvalue weighted by Gasteiger charge is 2.21. The van der Waals surface area contributed by atoms with Crippen LogP contribution in [0.4, 0.5) is 4.79 Å². The zero-order valence-electron chi connectivity index (χ0n) is 13.7. The Labute approximate surface area is 144 Å². The number of halogens is 1. The van der Waals surface area contributed by atoms with Crippen LogP contribution in [0.15, 0.2) is 4.99 Å². The quantitative estimate of drug-likeness (QED) is 0.619. The molecule has 0 fully saturated rings. The first kappa shape index (κ1) is 20.3. The highest BCUT2D eigenvalue weighted by atomic mass is 127. The number of hydrogen-bond donors (Lipinski definition) is 3. The van der Waals surface area contributed by atoms with Crippen molar-refractivity contribution in [1.29, 1.82) is 0 Å². The summed E-state index contributed by atoms with van der Waals surface area (Å²) >= 11 is 0. The Kier molecular flexibility index (Phi) is 9.00. The molecule has 0 aromatic heterocycles. The molecule has 0 aromatic carbocycles. The minimum atomic E-state index is -0.478. The molecule has 1 heterocycles. The summed E-state index contributed by atoms with van der Waals surface area (Å²) in [5.41, 5.74) is -0.478. The second-order valence-corrected chi connectivity index (χ2v) is 6.39. The van der Waals surface area contributed by atoms with E-state index in [9.17, 15) is 4.79 Å². The molecule has 124 valence electrons. The third kappa shape index (κ3) is 9.00. The van der Waals surface area contributed by atoms with Gasteiger partial charge in [-0.05, 0) is 33.1 Å². The maximum absolute atomic E-state index is 11.8. The topological polar surface area (TPSA) is 74.8 Å². The van der Waals surface area contributed by atoms with Crippen LogP contribution in [-0.4, -0.2) is 43.3 Å². The van der Waals surface area contributed by atoms with Gasteiger partial charge in [0.15, 0.2) is 5.96 Å². The fourth-order valence-corrected chi connectivity index (χ4v) is 1.77. The Morgan fingerprint density at radius 2 is 2.10 bits per heavy atom. The van der Waals surface area contributed by atoms with Crippen molar-refractivity contribution >= 4 is 36.0 Å². The zero-order chi connectivity index (χ0) is 15.2. The maximum atomic E-state index is 11.8. The van der Waals surface area contributed by atoms with Crippen LogP contribution >= 0.6 is 24.0 Å². The van der Waals surface area contributed by atoms with Gasteiger partial charge in [0.25, 0.3) is 0 Å². The molecular weight excluding hydrogens is 383 g/mol. The van der Waals surface area contributed by atoms with Gasteiger partial charge >= 0.3 is 6.09 Å². The number of ether oxygens (including phenoxy) is 1. The predicted molar refractivity (Wildman–Crippen MR) is 96.3 cm³/mol. The van der Waals surface area contributed by atoms with Crippen molar-refractivity contribution in [2.75, 3.05) is 19.6 Å². The third-order valence-corrected chi connectivity index (χ3v) is 2.89. The highest BCUT2D eigenvalue weighted by Crippen LogP contribution is 2.08. The Bertz CT molecular complexity index is 353. The molecule has 7 heteroatoms. The number of alkyl carbamates (subject to hydrolysis) is 1. The van der Waals surface area contributed by atoms with E-state index < -0.39 is 5.60 Å². The number of carbonyl (C=O) groups excluding carboxylic acids is 1. The van der Waals surface area contributed by atoms with E-state index in [2.05, 4.69) is 34.8 Å². The van der Waals surface area contributed by atoms with Crippen molar-refractivity contribution in [3.05, 3.63) is 0 Å². The van der Waals surface area contributed by atoms with Gasteiger partial charge in [-0.25, -0.2) is 4.79 Å². The van der Waals surface area contributed by atoms with Crippen molar-refractivity contribution in [2.45, 2.75) is 52.7 Å². The van der Waals surface area contributed by atoms with Crippen LogP contribution in [0.3, 0.4) is 0 Å². The third-order valence-electron chi connectivity index (χ3n) is 2.89. The first-order valence-electron chi connectivity index (χ1n) is 7.29. The van der Waals surface area contributed by atoms with Crippen LogP contribution in [0.25, 0.3) is 0 Å². The second-order valence-electron chi connectivity index (χ2n) is 6.39. The smallest absolute Gasteiger partial charge is 0.407 e. The van der Waals surface area contributed by atoms with Crippen LogP contribution < -0.4 is 16.0 Å². The largest absolute Gasteiger partial charge is 0.444 e. The molecule has 3 N–H and O–H groups in total. The Balaban J connectivity index is 0.00000400. The number of hydrogen-bond acceptors (Lipinski definition) is 5. The SMILES string of the molecule is CC(C)C(CNC1=NCCCN1)NC(=O)OC(C)(C)C.I. The first-order valence-corrected chi connectivity index (χ1v) is 7.29. The van der Waals surface area contributed by atoms with E-state index in [1.807, 2.05) is 20.8 Å². The summed E-state index contributed by atoms with van der Waals surface area (Å²) in [5, 5.41) is 9.35. The fraction of sp³-hybridized carbons (Fsp3) is 0.857. The van der Waals surface area contributed by atoms with Gasteiger partial charge in [-0.3, -0.25) is 4.99 Å². The highest BCUT2D eigenvalue weighted by molar-refractivity contribution is 14.0. The number of nitrogens with one attached hydrogen (secondary N) is 3. The van der Waals surface area contributed by atoms with Crippen LogP contribution in [0.5, 0.6) is 0 Å². The minimum Gasteiger partial charge on any atom is -0.444 e. The van der Waals surface area contributed by atoms with Crippen molar-refractivity contribution in [2.24, 2.45) is 10.9 Å². The molecular formula is C14H29IN4O2. The Morgan fingerprint density at radius 1 is 1.43 bits per heavy atom. The number of aliphatic imine (C=N–C) groups is 1. The molecule has 1 aliphatic heterocycles. The summed E-state index contributed by atoms with van der Waals surface area (Å²) in [7, 11) is 0. The lowest BCUT2D eigenvalue weighted by Gasteiger charge is -2.27. The Morgan fingerprint density at radius 3 is 2.57 bits per heavy atom. The molecule has 0 spiro atoms. The fourth-order valence-electron chi connectivity index (χ4n) is 1.77. The van der Waals surface area contributed by atoms with Crippen LogP contribution in [0.1, 0.15) is 41.0 Å². The number of carbonyl (C=O) groups is 1. The average molecular weight is 412 g/mol. The molecule has 1 unspecified atom stereocenters. The summed E-state index contributed by atoms with van der Waals surface area (Å²) in [6.07, 6.45) is 0.686. The summed E-state index contributed by atoms with van der Waals surface area (Å²) in [5.74, 6) is 1.12. The van der Waals surface area contributed by atoms with Crippen LogP contribution in [-0.2, 0) is 4.74 Å². The van der Waals surface area contributed by atoms with Crippen LogP contribution in [0.2, 0.25) is 0 Å². The molecule has 0 saturated heterocycles. The lowest BCUT2D eigenvalue weighted by atomic mass is 10.0. The number of nitrogens with zero attached hydrogens (tertiary/aromatic N) is 1. The van der Waals surface area contributed by atoms with E-state index in [4.69, 9.17) is 4.74 Å². The molecule has 0 radical (unpaired) electrons. The van der Waals surface area contributed by atoms with E-state index in [1.165, 1.54) is 0 Å². The molecule has 0 bridgehead atoms. The lowest BCUT2D eigenvalue weighted by Crippen LogP contribution is -2.51. The van der Waals surface area contributed by atoms with Crippen molar-refractivity contribution < 1.29 is 9.53 Å².